The maximum Gasteiger partial charge on any atom is 0.244 e. The molecule has 0 aliphatic carbocycles. The molecule has 2 amide bonds. The van der Waals surface area contributed by atoms with Crippen molar-refractivity contribution in [1.29, 1.82) is 0 Å². The Morgan fingerprint density at radius 2 is 1.89 bits per heavy atom. The van der Waals surface area contributed by atoms with Crippen molar-refractivity contribution >= 4 is 11.8 Å². The molecule has 2 aliphatic heterocycles. The average Bonchev–Trinajstić information content (AvgIpc) is 3.42. The molecule has 2 aromatic carbocycles. The maximum atomic E-state index is 14.8. The van der Waals surface area contributed by atoms with Gasteiger partial charge < -0.3 is 15.6 Å². The molecule has 7 nitrogen and oxygen atoms in total. The summed E-state index contributed by atoms with van der Waals surface area (Å²) in [7, 11) is 0. The molecule has 0 bridgehead atoms. The van der Waals surface area contributed by atoms with E-state index in [9.17, 15) is 18.4 Å². The molecule has 0 saturated carbocycles. The van der Waals surface area contributed by atoms with Crippen LogP contribution in [0.2, 0.25) is 0 Å². The molecule has 2 heterocycles. The fourth-order valence-corrected chi connectivity index (χ4v) is 4.52. The van der Waals surface area contributed by atoms with Crippen molar-refractivity contribution < 1.29 is 18.4 Å². The zero-order chi connectivity index (χ0) is 25.1. The molecule has 2 aliphatic rings. The SMILES string of the molecule is CC1=CN(CC(=O)N2C[C@H](F)C[C@H]2C(=O)N[C@@H](c2ccccc2)c2ccc(C(C)C)c(F)c2)NN1. The van der Waals surface area contributed by atoms with Crippen LogP contribution >= 0.6 is 0 Å². The molecule has 2 aromatic rings. The zero-order valence-corrected chi connectivity index (χ0v) is 20.1. The van der Waals surface area contributed by atoms with Gasteiger partial charge in [0.25, 0.3) is 0 Å². The largest absolute Gasteiger partial charge is 0.343 e. The third-order valence-electron chi connectivity index (χ3n) is 6.32. The van der Waals surface area contributed by atoms with Crippen LogP contribution in [0.4, 0.5) is 8.78 Å². The van der Waals surface area contributed by atoms with Crippen LogP contribution in [0, 0.1) is 5.82 Å². The maximum absolute atomic E-state index is 14.8. The van der Waals surface area contributed by atoms with E-state index in [0.29, 0.717) is 11.1 Å². The van der Waals surface area contributed by atoms with Crippen molar-refractivity contribution in [2.45, 2.75) is 51.4 Å². The topological polar surface area (TPSA) is 76.7 Å². The van der Waals surface area contributed by atoms with Gasteiger partial charge in [-0.2, -0.15) is 0 Å². The number of carbonyl (C=O) groups excluding carboxylic acids is 2. The van der Waals surface area contributed by atoms with Gasteiger partial charge in [-0.3, -0.25) is 14.6 Å². The van der Waals surface area contributed by atoms with E-state index in [2.05, 4.69) is 16.3 Å². The molecule has 0 radical (unpaired) electrons. The van der Waals surface area contributed by atoms with Crippen LogP contribution in [0.5, 0.6) is 0 Å². The Labute approximate surface area is 204 Å². The first-order valence-electron chi connectivity index (χ1n) is 11.8. The summed E-state index contributed by atoms with van der Waals surface area (Å²) in [4.78, 5) is 27.6. The Balaban J connectivity index is 1.56. The number of hydrogen-bond acceptors (Lipinski definition) is 5. The van der Waals surface area contributed by atoms with Crippen molar-refractivity contribution in [2.24, 2.45) is 0 Å². The van der Waals surface area contributed by atoms with Crippen LogP contribution in [0.3, 0.4) is 0 Å². The number of amides is 2. The fourth-order valence-electron chi connectivity index (χ4n) is 4.52. The van der Waals surface area contributed by atoms with Gasteiger partial charge >= 0.3 is 0 Å². The number of allylic oxidation sites excluding steroid dienone is 1. The standard InChI is InChI=1S/C26H31F2N5O2/c1-16(2)21-10-9-19(11-22(21)28)25(18-7-5-4-6-8-18)29-26(35)23-12-20(27)14-33(23)24(34)15-32-13-17(3)30-31-32/h4-11,13,16,20,23,25,30-31H,12,14-15H2,1-3H3,(H,29,35)/t20-,23+,25+/m1/s1. The van der Waals surface area contributed by atoms with Gasteiger partial charge in [0, 0.05) is 18.3 Å². The van der Waals surface area contributed by atoms with E-state index in [-0.39, 0.29) is 37.2 Å². The lowest BCUT2D eigenvalue weighted by Gasteiger charge is -2.28. The van der Waals surface area contributed by atoms with Gasteiger partial charge in [0.15, 0.2) is 0 Å². The van der Waals surface area contributed by atoms with Gasteiger partial charge in [0.05, 0.1) is 12.6 Å². The number of hydrazine groups is 2. The first-order chi connectivity index (χ1) is 16.7. The Bertz CT molecular complexity index is 1110. The van der Waals surface area contributed by atoms with Crippen molar-refractivity contribution in [1.82, 2.24) is 26.2 Å². The van der Waals surface area contributed by atoms with Crippen LogP contribution in [0.25, 0.3) is 0 Å². The van der Waals surface area contributed by atoms with E-state index >= 15 is 0 Å². The van der Waals surface area contributed by atoms with E-state index in [0.717, 1.165) is 11.3 Å². The van der Waals surface area contributed by atoms with E-state index < -0.39 is 24.2 Å². The molecule has 9 heteroatoms. The quantitative estimate of drug-likeness (QED) is 0.564. The Hall–Kier alpha value is -3.46. The molecular weight excluding hydrogens is 452 g/mol. The van der Waals surface area contributed by atoms with Gasteiger partial charge in [-0.1, -0.05) is 56.3 Å². The third kappa shape index (κ3) is 5.62. The van der Waals surface area contributed by atoms with Crippen LogP contribution in [0.15, 0.2) is 60.4 Å². The summed E-state index contributed by atoms with van der Waals surface area (Å²) in [5.41, 5.74) is 8.45. The van der Waals surface area contributed by atoms with Crippen LogP contribution in [-0.4, -0.2) is 47.0 Å². The van der Waals surface area contributed by atoms with Crippen molar-refractivity contribution in [3.63, 3.8) is 0 Å². The molecule has 4 rings (SSSR count). The Morgan fingerprint density at radius 1 is 1.14 bits per heavy atom. The predicted octanol–water partition coefficient (Wildman–Crippen LogP) is 3.28. The lowest BCUT2D eigenvalue weighted by molar-refractivity contribution is -0.139. The third-order valence-corrected chi connectivity index (χ3v) is 6.32. The van der Waals surface area contributed by atoms with E-state index in [1.807, 2.05) is 51.1 Å². The summed E-state index contributed by atoms with van der Waals surface area (Å²) < 4.78 is 29.2. The smallest absolute Gasteiger partial charge is 0.244 e. The minimum atomic E-state index is -1.30. The minimum Gasteiger partial charge on any atom is -0.343 e. The summed E-state index contributed by atoms with van der Waals surface area (Å²) in [6.45, 7) is 5.47. The highest BCUT2D eigenvalue weighted by Gasteiger charge is 2.41. The number of carbonyl (C=O) groups is 2. The van der Waals surface area contributed by atoms with E-state index in [1.54, 1.807) is 23.3 Å². The number of nitrogens with zero attached hydrogens (tertiary/aromatic N) is 2. The molecule has 0 aromatic heterocycles. The van der Waals surface area contributed by atoms with Gasteiger partial charge in [-0.05, 0) is 35.6 Å². The number of likely N-dealkylation sites (tertiary alicyclic amines) is 1. The van der Waals surface area contributed by atoms with Crippen LogP contribution in [0.1, 0.15) is 55.8 Å². The molecule has 1 fully saturated rings. The second kappa shape index (κ2) is 10.4. The molecular formula is C26H31F2N5O2. The molecule has 3 N–H and O–H groups in total. The van der Waals surface area contributed by atoms with Crippen molar-refractivity contribution in [3.05, 3.63) is 82.9 Å². The monoisotopic (exact) mass is 483 g/mol. The molecule has 186 valence electrons. The van der Waals surface area contributed by atoms with Crippen molar-refractivity contribution in [3.8, 4) is 0 Å². The minimum absolute atomic E-state index is 0.0206. The second-order valence-corrected chi connectivity index (χ2v) is 9.36. The molecule has 1 saturated heterocycles. The second-order valence-electron chi connectivity index (χ2n) is 9.36. The fraction of sp³-hybridized carbons (Fsp3) is 0.385. The normalized spacial score (nSPS) is 20.6. The summed E-state index contributed by atoms with van der Waals surface area (Å²) in [5, 5.41) is 4.50. The lowest BCUT2D eigenvalue weighted by Crippen LogP contribution is -2.50. The van der Waals surface area contributed by atoms with Crippen molar-refractivity contribution in [2.75, 3.05) is 13.1 Å². The number of halogens is 2. The highest BCUT2D eigenvalue weighted by atomic mass is 19.1. The number of rotatable bonds is 7. The van der Waals surface area contributed by atoms with Crippen LogP contribution in [-0.2, 0) is 9.59 Å². The first kappa shape index (κ1) is 24.7. The first-order valence-corrected chi connectivity index (χ1v) is 11.8. The lowest BCUT2D eigenvalue weighted by atomic mass is 9.94. The van der Waals surface area contributed by atoms with E-state index in [4.69, 9.17) is 0 Å². The summed E-state index contributed by atoms with van der Waals surface area (Å²) in [5.74, 6) is -1.16. The van der Waals surface area contributed by atoms with E-state index in [1.165, 1.54) is 11.0 Å². The molecule has 3 atom stereocenters. The summed E-state index contributed by atoms with van der Waals surface area (Å²) in [6.07, 6.45) is 0.339. The van der Waals surface area contributed by atoms with Gasteiger partial charge in [-0.15, -0.1) is 5.53 Å². The number of benzene rings is 2. The number of nitrogens with one attached hydrogen (secondary N) is 3. The van der Waals surface area contributed by atoms with Gasteiger partial charge in [0.1, 0.15) is 24.6 Å². The predicted molar refractivity (Wildman–Crippen MR) is 129 cm³/mol. The Kier molecular flexibility index (Phi) is 7.35. The Morgan fingerprint density at radius 3 is 2.51 bits per heavy atom. The molecule has 0 spiro atoms. The summed E-state index contributed by atoms with van der Waals surface area (Å²) >= 11 is 0. The van der Waals surface area contributed by atoms with Gasteiger partial charge in [-0.25, -0.2) is 8.78 Å². The summed E-state index contributed by atoms with van der Waals surface area (Å²) in [6, 6.07) is 12.6. The average molecular weight is 484 g/mol. The zero-order valence-electron chi connectivity index (χ0n) is 20.1. The number of hydrogen-bond donors (Lipinski definition) is 3. The van der Waals surface area contributed by atoms with Crippen LogP contribution < -0.4 is 16.3 Å². The number of alkyl halides is 1. The molecule has 0 unspecified atom stereocenters. The molecule has 35 heavy (non-hydrogen) atoms. The highest BCUT2D eigenvalue weighted by Crippen LogP contribution is 2.28. The van der Waals surface area contributed by atoms with Gasteiger partial charge in [0.2, 0.25) is 11.8 Å². The highest BCUT2D eigenvalue weighted by molar-refractivity contribution is 5.89.